The fraction of sp³-hybridized carbons (Fsp3) is 0.444. The molecule has 18 heavy (non-hydrogen) atoms. The monoisotopic (exact) mass is 240 g/mol. The number of benzene rings is 2. The topological polar surface area (TPSA) is 0 Å². The van der Waals surface area contributed by atoms with Crippen LogP contribution in [0.5, 0.6) is 0 Å². The maximum absolute atomic E-state index is 2.33. The lowest BCUT2D eigenvalue weighted by molar-refractivity contribution is 0.474. The zero-order chi connectivity index (χ0) is 13.0. The molecule has 0 aliphatic carbocycles. The van der Waals surface area contributed by atoms with Crippen molar-refractivity contribution in [3.05, 3.63) is 48.0 Å². The van der Waals surface area contributed by atoms with Crippen LogP contribution in [-0.4, -0.2) is 0 Å². The van der Waals surface area contributed by atoms with Crippen LogP contribution in [0, 0.1) is 5.92 Å². The summed E-state index contributed by atoms with van der Waals surface area (Å²) in [6, 6.07) is 15.5. The van der Waals surface area contributed by atoms with Crippen molar-refractivity contribution in [2.75, 3.05) is 0 Å². The zero-order valence-corrected chi connectivity index (χ0v) is 11.8. The van der Waals surface area contributed by atoms with Crippen LogP contribution in [-0.2, 0) is 0 Å². The van der Waals surface area contributed by atoms with Gasteiger partial charge in [0.15, 0.2) is 0 Å². The molecule has 2 aromatic rings. The third kappa shape index (κ3) is 2.93. The molecule has 0 aliphatic heterocycles. The molecule has 1 atom stereocenters. The van der Waals surface area contributed by atoms with Gasteiger partial charge >= 0.3 is 0 Å². The van der Waals surface area contributed by atoms with Gasteiger partial charge in [0.25, 0.3) is 0 Å². The Morgan fingerprint density at radius 3 is 2.39 bits per heavy atom. The van der Waals surface area contributed by atoms with Crippen molar-refractivity contribution < 1.29 is 0 Å². The molecule has 0 N–H and O–H groups in total. The summed E-state index contributed by atoms with van der Waals surface area (Å²) in [7, 11) is 0. The van der Waals surface area contributed by atoms with E-state index < -0.39 is 0 Å². The molecule has 1 unspecified atom stereocenters. The summed E-state index contributed by atoms with van der Waals surface area (Å²) in [4.78, 5) is 0. The molecule has 0 heteroatoms. The first-order chi connectivity index (χ1) is 8.72. The summed E-state index contributed by atoms with van der Waals surface area (Å²) in [5.74, 6) is 1.47. The lowest BCUT2D eigenvalue weighted by Crippen LogP contribution is -2.03. The van der Waals surface area contributed by atoms with Gasteiger partial charge in [-0.25, -0.2) is 0 Å². The van der Waals surface area contributed by atoms with E-state index in [2.05, 4.69) is 63.2 Å². The molecule has 0 amide bonds. The van der Waals surface area contributed by atoms with Gasteiger partial charge in [-0.1, -0.05) is 69.7 Å². The molecule has 0 saturated heterocycles. The van der Waals surface area contributed by atoms with E-state index in [9.17, 15) is 0 Å². The lowest BCUT2D eigenvalue weighted by Gasteiger charge is -2.20. The molecule has 0 bridgehead atoms. The van der Waals surface area contributed by atoms with Crippen LogP contribution in [0.2, 0.25) is 0 Å². The van der Waals surface area contributed by atoms with E-state index in [4.69, 9.17) is 0 Å². The van der Waals surface area contributed by atoms with Crippen LogP contribution in [0.25, 0.3) is 10.8 Å². The highest BCUT2D eigenvalue weighted by Crippen LogP contribution is 2.33. The second-order valence-corrected chi connectivity index (χ2v) is 5.68. The van der Waals surface area contributed by atoms with Crippen molar-refractivity contribution in [1.82, 2.24) is 0 Å². The highest BCUT2D eigenvalue weighted by atomic mass is 14.2. The first kappa shape index (κ1) is 13.1. The largest absolute Gasteiger partial charge is 0.0654 e. The molecular weight excluding hydrogens is 216 g/mol. The predicted molar refractivity (Wildman–Crippen MR) is 81.1 cm³/mol. The van der Waals surface area contributed by atoms with Gasteiger partial charge in [-0.05, 0) is 41.0 Å². The summed E-state index contributed by atoms with van der Waals surface area (Å²) in [6.07, 6.45) is 3.86. The number of hydrogen-bond donors (Lipinski definition) is 0. The summed E-state index contributed by atoms with van der Waals surface area (Å²) in [5, 5.41) is 2.82. The van der Waals surface area contributed by atoms with Gasteiger partial charge in [-0.3, -0.25) is 0 Å². The molecule has 0 radical (unpaired) electrons. The SMILES string of the molecule is CCCC(CC(C)C)c1cccc2ccccc12. The number of fused-ring (bicyclic) bond motifs is 1. The van der Waals surface area contributed by atoms with Crippen LogP contribution in [0.15, 0.2) is 42.5 Å². The normalized spacial score (nSPS) is 13.1. The minimum Gasteiger partial charge on any atom is -0.0654 e. The van der Waals surface area contributed by atoms with Gasteiger partial charge in [0, 0.05) is 0 Å². The van der Waals surface area contributed by atoms with Crippen molar-refractivity contribution >= 4 is 10.8 Å². The van der Waals surface area contributed by atoms with E-state index in [0.717, 1.165) is 5.92 Å². The van der Waals surface area contributed by atoms with Crippen LogP contribution in [0.4, 0.5) is 0 Å². The van der Waals surface area contributed by atoms with Crippen LogP contribution < -0.4 is 0 Å². The van der Waals surface area contributed by atoms with Crippen LogP contribution >= 0.6 is 0 Å². The number of rotatable bonds is 5. The smallest absolute Gasteiger partial charge is 0.0149 e. The summed E-state index contributed by atoms with van der Waals surface area (Å²) in [5.41, 5.74) is 1.55. The molecule has 0 heterocycles. The average Bonchev–Trinajstić information content (AvgIpc) is 2.37. The minimum absolute atomic E-state index is 0.709. The van der Waals surface area contributed by atoms with Crippen molar-refractivity contribution in [2.45, 2.75) is 46.0 Å². The van der Waals surface area contributed by atoms with E-state index >= 15 is 0 Å². The molecule has 0 nitrogen and oxygen atoms in total. The third-order valence-electron chi connectivity index (χ3n) is 3.66. The summed E-state index contributed by atoms with van der Waals surface area (Å²) in [6.45, 7) is 6.94. The highest BCUT2D eigenvalue weighted by molar-refractivity contribution is 5.86. The van der Waals surface area contributed by atoms with Crippen molar-refractivity contribution in [3.63, 3.8) is 0 Å². The van der Waals surface area contributed by atoms with Crippen LogP contribution in [0.3, 0.4) is 0 Å². The van der Waals surface area contributed by atoms with E-state index in [-0.39, 0.29) is 0 Å². The van der Waals surface area contributed by atoms with Crippen molar-refractivity contribution in [1.29, 1.82) is 0 Å². The Morgan fingerprint density at radius 1 is 0.944 bits per heavy atom. The van der Waals surface area contributed by atoms with Crippen LogP contribution in [0.1, 0.15) is 51.5 Å². The molecule has 0 saturated carbocycles. The van der Waals surface area contributed by atoms with Gasteiger partial charge in [0.1, 0.15) is 0 Å². The average molecular weight is 240 g/mol. The van der Waals surface area contributed by atoms with Gasteiger partial charge in [-0.2, -0.15) is 0 Å². The zero-order valence-electron chi connectivity index (χ0n) is 11.8. The molecule has 2 aromatic carbocycles. The summed E-state index contributed by atoms with van der Waals surface area (Å²) < 4.78 is 0. The Morgan fingerprint density at radius 2 is 1.67 bits per heavy atom. The highest BCUT2D eigenvalue weighted by Gasteiger charge is 2.14. The standard InChI is InChI=1S/C18H24/c1-4-8-16(13-14(2)3)18-12-7-10-15-9-5-6-11-17(15)18/h5-7,9-12,14,16H,4,8,13H2,1-3H3. The fourth-order valence-corrected chi connectivity index (χ4v) is 2.92. The molecule has 96 valence electrons. The third-order valence-corrected chi connectivity index (χ3v) is 3.66. The second kappa shape index (κ2) is 6.04. The molecule has 2 rings (SSSR count). The van der Waals surface area contributed by atoms with Gasteiger partial charge < -0.3 is 0 Å². The first-order valence-electron chi connectivity index (χ1n) is 7.20. The maximum atomic E-state index is 2.33. The van der Waals surface area contributed by atoms with E-state index in [1.165, 1.54) is 30.0 Å². The minimum atomic E-state index is 0.709. The molecule has 0 fully saturated rings. The molecule has 0 spiro atoms. The maximum Gasteiger partial charge on any atom is -0.0149 e. The molecular formula is C18H24. The van der Waals surface area contributed by atoms with Crippen molar-refractivity contribution in [3.8, 4) is 0 Å². The lowest BCUT2D eigenvalue weighted by atomic mass is 9.84. The first-order valence-corrected chi connectivity index (χ1v) is 7.20. The summed E-state index contributed by atoms with van der Waals surface area (Å²) >= 11 is 0. The van der Waals surface area contributed by atoms with Crippen molar-refractivity contribution in [2.24, 2.45) is 5.92 Å². The Balaban J connectivity index is 2.43. The Kier molecular flexibility index (Phi) is 4.41. The Bertz CT molecular complexity index is 491. The Hall–Kier alpha value is -1.30. The van der Waals surface area contributed by atoms with E-state index in [1.807, 2.05) is 0 Å². The number of hydrogen-bond acceptors (Lipinski definition) is 0. The predicted octanol–water partition coefficient (Wildman–Crippen LogP) is 5.77. The molecule has 0 aliphatic rings. The van der Waals surface area contributed by atoms with E-state index in [1.54, 1.807) is 5.56 Å². The second-order valence-electron chi connectivity index (χ2n) is 5.68. The van der Waals surface area contributed by atoms with Gasteiger partial charge in [0.05, 0.1) is 0 Å². The fourth-order valence-electron chi connectivity index (χ4n) is 2.92. The van der Waals surface area contributed by atoms with Gasteiger partial charge in [-0.15, -0.1) is 0 Å². The van der Waals surface area contributed by atoms with Gasteiger partial charge in [0.2, 0.25) is 0 Å². The Labute approximate surface area is 111 Å². The van der Waals surface area contributed by atoms with E-state index in [0.29, 0.717) is 5.92 Å². The quantitative estimate of drug-likeness (QED) is 0.622. The molecule has 0 aromatic heterocycles.